The minimum absolute atomic E-state index is 0.138. The van der Waals surface area contributed by atoms with Gasteiger partial charge in [0.15, 0.2) is 0 Å². The predicted octanol–water partition coefficient (Wildman–Crippen LogP) is 0.880. The molecule has 0 radical (unpaired) electrons. The topological polar surface area (TPSA) is 125 Å². The monoisotopic (exact) mass is 409 g/mol. The predicted molar refractivity (Wildman–Crippen MR) is 104 cm³/mol. The number of ether oxygens (including phenoxy) is 2. The average Bonchev–Trinajstić information content (AvgIpc) is 2.71. The number of carbonyl (C=O) groups excluding carboxylic acids is 4. The number of hydrogen-bond donors (Lipinski definition) is 1. The molecule has 0 saturated carbocycles. The number of urea groups is 1. The standard InChI is InChI=1S/C21H18N2O7/c1-2-29-15-9-7-14(8-10-15)23-20(27)16(19(26)22-21(23)28)11-13-5-3-4-6-17(13)30-12-18(24)25/h3-11H,2,12H2,1H3,(H,24,25)(H,22,26,28)/p-1/b16-11+. The van der Waals surface area contributed by atoms with Crippen LogP contribution in [0.1, 0.15) is 12.5 Å². The zero-order valence-electron chi connectivity index (χ0n) is 15.9. The van der Waals surface area contributed by atoms with Gasteiger partial charge in [-0.25, -0.2) is 9.69 Å². The summed E-state index contributed by atoms with van der Waals surface area (Å²) in [6.45, 7) is 1.59. The van der Waals surface area contributed by atoms with E-state index in [0.29, 0.717) is 17.9 Å². The number of barbiturate groups is 1. The van der Waals surface area contributed by atoms with Gasteiger partial charge in [-0.1, -0.05) is 18.2 Å². The minimum atomic E-state index is -1.42. The van der Waals surface area contributed by atoms with Gasteiger partial charge >= 0.3 is 6.03 Å². The number of nitrogens with zero attached hydrogens (tertiary/aromatic N) is 1. The van der Waals surface area contributed by atoms with Gasteiger partial charge in [0.25, 0.3) is 11.8 Å². The fourth-order valence-electron chi connectivity index (χ4n) is 2.77. The molecule has 9 nitrogen and oxygen atoms in total. The maximum absolute atomic E-state index is 12.9. The second-order valence-electron chi connectivity index (χ2n) is 6.08. The Kier molecular flexibility index (Phi) is 6.11. The van der Waals surface area contributed by atoms with E-state index in [0.717, 1.165) is 4.90 Å². The van der Waals surface area contributed by atoms with Crippen molar-refractivity contribution in [1.29, 1.82) is 0 Å². The molecule has 0 aromatic heterocycles. The smallest absolute Gasteiger partial charge is 0.335 e. The number of hydrogen-bond acceptors (Lipinski definition) is 7. The van der Waals surface area contributed by atoms with E-state index in [4.69, 9.17) is 9.47 Å². The number of aliphatic carboxylic acids is 1. The Morgan fingerprint density at radius 3 is 2.43 bits per heavy atom. The van der Waals surface area contributed by atoms with Crippen LogP contribution in [0.2, 0.25) is 0 Å². The van der Waals surface area contributed by atoms with E-state index in [1.807, 2.05) is 6.92 Å². The van der Waals surface area contributed by atoms with Crippen LogP contribution in [0.15, 0.2) is 54.1 Å². The van der Waals surface area contributed by atoms with Crippen LogP contribution < -0.4 is 24.8 Å². The molecule has 1 fully saturated rings. The highest BCUT2D eigenvalue weighted by molar-refractivity contribution is 6.39. The lowest BCUT2D eigenvalue weighted by molar-refractivity contribution is -0.307. The van der Waals surface area contributed by atoms with Crippen molar-refractivity contribution in [3.05, 3.63) is 59.7 Å². The number of para-hydroxylation sites is 1. The summed E-state index contributed by atoms with van der Waals surface area (Å²) in [4.78, 5) is 49.0. The third-order valence-corrected chi connectivity index (χ3v) is 4.07. The van der Waals surface area contributed by atoms with E-state index in [2.05, 4.69) is 5.32 Å². The number of rotatable bonds is 7. The molecule has 1 heterocycles. The number of imide groups is 2. The van der Waals surface area contributed by atoms with Gasteiger partial charge in [-0.3, -0.25) is 14.9 Å². The Balaban J connectivity index is 1.94. The Morgan fingerprint density at radius 1 is 1.07 bits per heavy atom. The number of benzene rings is 2. The first kappa shape index (κ1) is 20.6. The molecule has 3 rings (SSSR count). The summed E-state index contributed by atoms with van der Waals surface area (Å²) in [5.74, 6) is -2.42. The lowest BCUT2D eigenvalue weighted by Gasteiger charge is -2.26. The second kappa shape index (κ2) is 8.91. The van der Waals surface area contributed by atoms with Crippen LogP contribution in [0.25, 0.3) is 6.08 Å². The van der Waals surface area contributed by atoms with Crippen LogP contribution in [0.4, 0.5) is 10.5 Å². The van der Waals surface area contributed by atoms with E-state index in [1.54, 1.807) is 24.3 Å². The summed E-state index contributed by atoms with van der Waals surface area (Å²) in [6, 6.07) is 11.6. The molecule has 1 aliphatic heterocycles. The SMILES string of the molecule is CCOc1ccc(N2C(=O)NC(=O)/C(=C\c3ccccc3OCC(=O)[O-])C2=O)cc1. The molecule has 1 N–H and O–H groups in total. The fourth-order valence-corrected chi connectivity index (χ4v) is 2.77. The van der Waals surface area contributed by atoms with Crippen molar-refractivity contribution in [3.8, 4) is 11.5 Å². The number of anilines is 1. The molecule has 30 heavy (non-hydrogen) atoms. The van der Waals surface area contributed by atoms with Gasteiger partial charge in [-0.05, 0) is 43.3 Å². The largest absolute Gasteiger partial charge is 0.546 e. The molecular formula is C21H17N2O7-. The first-order chi connectivity index (χ1) is 14.4. The highest BCUT2D eigenvalue weighted by Gasteiger charge is 2.37. The summed E-state index contributed by atoms with van der Waals surface area (Å²) in [5, 5.41) is 12.8. The molecule has 1 saturated heterocycles. The lowest BCUT2D eigenvalue weighted by Crippen LogP contribution is -2.54. The van der Waals surface area contributed by atoms with E-state index >= 15 is 0 Å². The van der Waals surface area contributed by atoms with Gasteiger partial charge in [0, 0.05) is 5.56 Å². The Labute approximate surface area is 171 Å². The van der Waals surface area contributed by atoms with Crippen LogP contribution in [0.5, 0.6) is 11.5 Å². The Hall–Kier alpha value is -4.14. The van der Waals surface area contributed by atoms with Crippen molar-refractivity contribution in [1.82, 2.24) is 5.32 Å². The molecule has 2 aromatic carbocycles. The maximum Gasteiger partial charge on any atom is 0.335 e. The van der Waals surface area contributed by atoms with Gasteiger partial charge < -0.3 is 19.4 Å². The number of carboxylic acid groups (broad SMARTS) is 1. The highest BCUT2D eigenvalue weighted by Crippen LogP contribution is 2.26. The van der Waals surface area contributed by atoms with Crippen LogP contribution in [-0.4, -0.2) is 37.0 Å². The normalized spacial score (nSPS) is 15.2. The van der Waals surface area contributed by atoms with Crippen LogP contribution >= 0.6 is 0 Å². The first-order valence-electron chi connectivity index (χ1n) is 8.96. The molecule has 0 unspecified atom stereocenters. The van der Waals surface area contributed by atoms with Gasteiger partial charge in [-0.2, -0.15) is 0 Å². The molecule has 1 aliphatic rings. The Morgan fingerprint density at radius 2 is 1.77 bits per heavy atom. The van der Waals surface area contributed by atoms with Crippen molar-refractivity contribution in [2.24, 2.45) is 0 Å². The average molecular weight is 409 g/mol. The summed E-state index contributed by atoms with van der Waals surface area (Å²) < 4.78 is 10.5. The van der Waals surface area contributed by atoms with E-state index in [9.17, 15) is 24.3 Å². The van der Waals surface area contributed by atoms with Crippen LogP contribution in [0, 0.1) is 0 Å². The van der Waals surface area contributed by atoms with Gasteiger partial charge in [-0.15, -0.1) is 0 Å². The first-order valence-corrected chi connectivity index (χ1v) is 8.96. The molecular weight excluding hydrogens is 392 g/mol. The maximum atomic E-state index is 12.9. The molecule has 2 aromatic rings. The highest BCUT2D eigenvalue weighted by atomic mass is 16.5. The molecule has 0 atom stereocenters. The van der Waals surface area contributed by atoms with Crippen molar-refractivity contribution in [2.75, 3.05) is 18.1 Å². The van der Waals surface area contributed by atoms with Crippen LogP contribution in [-0.2, 0) is 14.4 Å². The van der Waals surface area contributed by atoms with E-state index in [1.165, 1.54) is 30.3 Å². The van der Waals surface area contributed by atoms with Crippen molar-refractivity contribution < 1.29 is 33.8 Å². The summed E-state index contributed by atoms with van der Waals surface area (Å²) in [6.07, 6.45) is 1.23. The molecule has 0 spiro atoms. The minimum Gasteiger partial charge on any atom is -0.546 e. The lowest BCUT2D eigenvalue weighted by atomic mass is 10.1. The molecule has 154 valence electrons. The van der Waals surface area contributed by atoms with Gasteiger partial charge in [0.05, 0.1) is 18.3 Å². The third-order valence-electron chi connectivity index (χ3n) is 4.07. The van der Waals surface area contributed by atoms with Crippen molar-refractivity contribution in [3.63, 3.8) is 0 Å². The summed E-state index contributed by atoms with van der Waals surface area (Å²) in [7, 11) is 0. The fraction of sp³-hybridized carbons (Fsp3) is 0.143. The number of carbonyl (C=O) groups is 4. The number of nitrogens with one attached hydrogen (secondary N) is 1. The quantitative estimate of drug-likeness (QED) is 0.532. The van der Waals surface area contributed by atoms with E-state index in [-0.39, 0.29) is 17.0 Å². The Bertz CT molecular complexity index is 1030. The molecule has 4 amide bonds. The van der Waals surface area contributed by atoms with Crippen molar-refractivity contribution >= 4 is 35.6 Å². The van der Waals surface area contributed by atoms with Crippen LogP contribution in [0.3, 0.4) is 0 Å². The zero-order valence-corrected chi connectivity index (χ0v) is 15.9. The van der Waals surface area contributed by atoms with Gasteiger partial charge in [0.2, 0.25) is 0 Å². The number of amides is 4. The van der Waals surface area contributed by atoms with Gasteiger partial charge in [0.1, 0.15) is 23.7 Å². The van der Waals surface area contributed by atoms with E-state index < -0.39 is 30.4 Å². The summed E-state index contributed by atoms with van der Waals surface area (Å²) in [5.41, 5.74) is 0.229. The second-order valence-corrected chi connectivity index (χ2v) is 6.08. The molecule has 0 aliphatic carbocycles. The van der Waals surface area contributed by atoms with Crippen molar-refractivity contribution in [2.45, 2.75) is 6.92 Å². The zero-order chi connectivity index (χ0) is 21.7. The molecule has 0 bridgehead atoms. The molecule has 9 heteroatoms. The third kappa shape index (κ3) is 4.46. The summed E-state index contributed by atoms with van der Waals surface area (Å²) >= 11 is 0. The number of carboxylic acids is 1.